The minimum atomic E-state index is 0.466. The quantitative estimate of drug-likeness (QED) is 0.725. The molecule has 0 amide bonds. The van der Waals surface area contributed by atoms with Crippen molar-refractivity contribution in [3.05, 3.63) is 59.4 Å². The van der Waals surface area contributed by atoms with Crippen molar-refractivity contribution >= 4 is 28.3 Å². The van der Waals surface area contributed by atoms with Crippen LogP contribution in [0.25, 0.3) is 10.9 Å². The first-order valence-corrected chi connectivity index (χ1v) is 7.41. The third kappa shape index (κ3) is 3.68. The van der Waals surface area contributed by atoms with Gasteiger partial charge in [0.05, 0.1) is 29.9 Å². The van der Waals surface area contributed by atoms with Crippen LogP contribution in [0.3, 0.4) is 0 Å². The summed E-state index contributed by atoms with van der Waals surface area (Å²) < 4.78 is 5.55. The van der Waals surface area contributed by atoms with Gasteiger partial charge in [-0.25, -0.2) is 4.98 Å². The standard InChI is InChI=1S/C17H13ClN4O/c18-13-3-4-16-15(9-13)12(10-19)8-17(22-16)21-6-7-23-14-2-1-5-20-11-14/h1-5,8-9,11H,6-7H2,(H,21,22). The van der Waals surface area contributed by atoms with E-state index in [2.05, 4.69) is 21.4 Å². The Kier molecular flexibility index (Phi) is 4.55. The second-order valence-electron chi connectivity index (χ2n) is 4.79. The lowest BCUT2D eigenvalue weighted by Crippen LogP contribution is -2.12. The Hall–Kier alpha value is -2.84. The molecule has 2 aromatic heterocycles. The van der Waals surface area contributed by atoms with Gasteiger partial charge in [0, 0.05) is 16.6 Å². The van der Waals surface area contributed by atoms with Crippen LogP contribution in [0, 0.1) is 11.3 Å². The summed E-state index contributed by atoms with van der Waals surface area (Å²) >= 11 is 5.97. The summed E-state index contributed by atoms with van der Waals surface area (Å²) in [6.45, 7) is 1.03. The second kappa shape index (κ2) is 6.95. The first kappa shape index (κ1) is 15.1. The van der Waals surface area contributed by atoms with Gasteiger partial charge in [-0.05, 0) is 36.4 Å². The molecule has 0 spiro atoms. The summed E-state index contributed by atoms with van der Waals surface area (Å²) in [5, 5.41) is 13.8. The molecule has 0 radical (unpaired) electrons. The van der Waals surface area contributed by atoms with Gasteiger partial charge in [-0.2, -0.15) is 5.26 Å². The zero-order valence-electron chi connectivity index (χ0n) is 12.2. The molecule has 0 saturated carbocycles. The van der Waals surface area contributed by atoms with Gasteiger partial charge >= 0.3 is 0 Å². The fraction of sp³-hybridized carbons (Fsp3) is 0.118. The Bertz CT molecular complexity index is 862. The van der Waals surface area contributed by atoms with Crippen LogP contribution in [0.2, 0.25) is 5.02 Å². The first-order valence-electron chi connectivity index (χ1n) is 7.03. The zero-order valence-corrected chi connectivity index (χ0v) is 12.9. The van der Waals surface area contributed by atoms with E-state index in [1.807, 2.05) is 12.1 Å². The molecular formula is C17H13ClN4O. The molecule has 1 N–H and O–H groups in total. The number of nitriles is 1. The first-order chi connectivity index (χ1) is 11.3. The van der Waals surface area contributed by atoms with E-state index in [0.717, 1.165) is 10.9 Å². The molecule has 23 heavy (non-hydrogen) atoms. The zero-order chi connectivity index (χ0) is 16.1. The summed E-state index contributed by atoms with van der Waals surface area (Å²) in [7, 11) is 0. The van der Waals surface area contributed by atoms with E-state index in [4.69, 9.17) is 16.3 Å². The summed E-state index contributed by atoms with van der Waals surface area (Å²) in [4.78, 5) is 8.46. The number of ether oxygens (including phenoxy) is 1. The normalized spacial score (nSPS) is 10.3. The highest BCUT2D eigenvalue weighted by atomic mass is 35.5. The van der Waals surface area contributed by atoms with E-state index in [1.165, 1.54) is 0 Å². The Balaban J connectivity index is 1.69. The average Bonchev–Trinajstić information content (AvgIpc) is 2.59. The number of anilines is 1. The van der Waals surface area contributed by atoms with E-state index >= 15 is 0 Å². The number of rotatable bonds is 5. The maximum Gasteiger partial charge on any atom is 0.137 e. The fourth-order valence-corrected chi connectivity index (χ4v) is 2.33. The highest BCUT2D eigenvalue weighted by molar-refractivity contribution is 6.31. The second-order valence-corrected chi connectivity index (χ2v) is 5.23. The minimum absolute atomic E-state index is 0.466. The summed E-state index contributed by atoms with van der Waals surface area (Å²) in [6, 6.07) is 12.9. The maximum absolute atomic E-state index is 9.29. The molecule has 3 aromatic rings. The fourth-order valence-electron chi connectivity index (χ4n) is 2.16. The van der Waals surface area contributed by atoms with Crippen LogP contribution >= 0.6 is 11.6 Å². The number of pyridine rings is 2. The molecule has 1 aromatic carbocycles. The molecule has 0 aliphatic heterocycles. The number of benzene rings is 1. The highest BCUT2D eigenvalue weighted by Crippen LogP contribution is 2.23. The molecule has 0 bridgehead atoms. The van der Waals surface area contributed by atoms with Gasteiger partial charge in [-0.1, -0.05) is 11.6 Å². The van der Waals surface area contributed by atoms with Gasteiger partial charge in [0.1, 0.15) is 18.2 Å². The van der Waals surface area contributed by atoms with E-state index < -0.39 is 0 Å². The molecule has 0 aliphatic carbocycles. The predicted octanol–water partition coefficient (Wildman–Crippen LogP) is 3.65. The molecule has 0 aliphatic rings. The average molecular weight is 325 g/mol. The number of hydrogen-bond donors (Lipinski definition) is 1. The minimum Gasteiger partial charge on any atom is -0.490 e. The largest absolute Gasteiger partial charge is 0.490 e. The third-order valence-electron chi connectivity index (χ3n) is 3.20. The number of fused-ring (bicyclic) bond motifs is 1. The molecule has 114 valence electrons. The molecule has 2 heterocycles. The lowest BCUT2D eigenvalue weighted by molar-refractivity contribution is 0.331. The number of nitrogens with zero attached hydrogens (tertiary/aromatic N) is 3. The molecular weight excluding hydrogens is 312 g/mol. The SMILES string of the molecule is N#Cc1cc(NCCOc2cccnc2)nc2ccc(Cl)cc12. The Labute approximate surface area is 138 Å². The van der Waals surface area contributed by atoms with E-state index in [-0.39, 0.29) is 0 Å². The van der Waals surface area contributed by atoms with Crippen molar-refractivity contribution in [1.82, 2.24) is 9.97 Å². The summed E-state index contributed by atoms with van der Waals surface area (Å²) in [6.07, 6.45) is 3.35. The van der Waals surface area contributed by atoms with Crippen LogP contribution in [-0.4, -0.2) is 23.1 Å². The highest BCUT2D eigenvalue weighted by Gasteiger charge is 2.06. The van der Waals surface area contributed by atoms with Crippen LogP contribution in [-0.2, 0) is 0 Å². The smallest absolute Gasteiger partial charge is 0.137 e. The van der Waals surface area contributed by atoms with Crippen molar-refractivity contribution in [3.8, 4) is 11.8 Å². The molecule has 0 fully saturated rings. The van der Waals surface area contributed by atoms with Gasteiger partial charge in [-0.15, -0.1) is 0 Å². The van der Waals surface area contributed by atoms with Crippen LogP contribution in [0.5, 0.6) is 5.75 Å². The van der Waals surface area contributed by atoms with Gasteiger partial charge in [0.25, 0.3) is 0 Å². The molecule has 0 atom stereocenters. The van der Waals surface area contributed by atoms with Gasteiger partial charge in [-0.3, -0.25) is 4.98 Å². The molecule has 3 rings (SSSR count). The van der Waals surface area contributed by atoms with Crippen molar-refractivity contribution in [2.24, 2.45) is 0 Å². The monoisotopic (exact) mass is 324 g/mol. The van der Waals surface area contributed by atoms with Crippen LogP contribution in [0.4, 0.5) is 5.82 Å². The van der Waals surface area contributed by atoms with Crippen molar-refractivity contribution in [3.63, 3.8) is 0 Å². The van der Waals surface area contributed by atoms with Crippen molar-refractivity contribution in [1.29, 1.82) is 5.26 Å². The molecule has 5 nitrogen and oxygen atoms in total. The lowest BCUT2D eigenvalue weighted by atomic mass is 10.1. The topological polar surface area (TPSA) is 70.8 Å². The summed E-state index contributed by atoms with van der Waals surface area (Å²) in [5.74, 6) is 1.35. The van der Waals surface area contributed by atoms with Crippen molar-refractivity contribution in [2.75, 3.05) is 18.5 Å². The van der Waals surface area contributed by atoms with Crippen LogP contribution in [0.15, 0.2) is 48.8 Å². The Morgan fingerprint density at radius 2 is 2.17 bits per heavy atom. The number of nitrogens with one attached hydrogen (secondary N) is 1. The van der Waals surface area contributed by atoms with Crippen LogP contribution in [0.1, 0.15) is 5.56 Å². The Morgan fingerprint density at radius 3 is 2.96 bits per heavy atom. The molecule has 6 heteroatoms. The van der Waals surface area contributed by atoms with Gasteiger partial charge < -0.3 is 10.1 Å². The summed E-state index contributed by atoms with van der Waals surface area (Å²) in [5.41, 5.74) is 1.26. The van der Waals surface area contributed by atoms with E-state index in [1.54, 1.807) is 36.7 Å². The van der Waals surface area contributed by atoms with E-state index in [9.17, 15) is 5.26 Å². The number of halogens is 1. The lowest BCUT2D eigenvalue weighted by Gasteiger charge is -2.09. The molecule has 0 saturated heterocycles. The number of aromatic nitrogens is 2. The van der Waals surface area contributed by atoms with Gasteiger partial charge in [0.15, 0.2) is 0 Å². The van der Waals surface area contributed by atoms with Crippen molar-refractivity contribution < 1.29 is 4.74 Å². The van der Waals surface area contributed by atoms with Crippen LogP contribution < -0.4 is 10.1 Å². The maximum atomic E-state index is 9.29. The third-order valence-corrected chi connectivity index (χ3v) is 3.44. The number of hydrogen-bond acceptors (Lipinski definition) is 5. The van der Waals surface area contributed by atoms with E-state index in [0.29, 0.717) is 35.3 Å². The van der Waals surface area contributed by atoms with Crippen molar-refractivity contribution in [2.45, 2.75) is 0 Å². The Morgan fingerprint density at radius 1 is 1.26 bits per heavy atom. The predicted molar refractivity (Wildman–Crippen MR) is 89.7 cm³/mol. The van der Waals surface area contributed by atoms with Gasteiger partial charge in [0.2, 0.25) is 0 Å². The molecule has 0 unspecified atom stereocenters.